The lowest BCUT2D eigenvalue weighted by molar-refractivity contribution is 0.0976. The van der Waals surface area contributed by atoms with E-state index in [1.165, 1.54) is 89.5 Å². The molecule has 1 rings (SSSR count). The van der Waals surface area contributed by atoms with E-state index in [1.807, 2.05) is 0 Å². The maximum atomic E-state index is 12.3. The van der Waals surface area contributed by atoms with Crippen LogP contribution in [0, 0.1) is 0 Å². The fourth-order valence-electron chi connectivity index (χ4n) is 3.60. The number of ketones is 1. The quantitative estimate of drug-likeness (QED) is 0.155. The molecule has 2 N–H and O–H groups in total. The minimum absolute atomic E-state index is 0.0846. The van der Waals surface area contributed by atoms with Crippen molar-refractivity contribution in [1.29, 1.82) is 0 Å². The van der Waals surface area contributed by atoms with E-state index in [-0.39, 0.29) is 27.3 Å². The molecule has 0 spiro atoms. The largest absolute Gasteiger partial charge is 0.506 e. The van der Waals surface area contributed by atoms with Crippen molar-refractivity contribution in [2.24, 2.45) is 0 Å². The molecule has 0 heterocycles. The first kappa shape index (κ1) is 26.5. The molecule has 0 fully saturated rings. The maximum Gasteiger partial charge on any atom is 0.166 e. The van der Waals surface area contributed by atoms with Gasteiger partial charge in [0.1, 0.15) is 16.0 Å². The van der Waals surface area contributed by atoms with Crippen molar-refractivity contribution in [3.8, 4) is 11.5 Å². The molecule has 0 amide bonds. The Bertz CT molecular complexity index is 602. The summed E-state index contributed by atoms with van der Waals surface area (Å²) in [6.45, 7) is 2.27. The maximum absolute atomic E-state index is 12.3. The molecule has 1 aromatic carbocycles. The van der Waals surface area contributed by atoms with Crippen molar-refractivity contribution >= 4 is 37.6 Å². The summed E-state index contributed by atoms with van der Waals surface area (Å²) in [5.74, 6) is -0.360. The number of unbranched alkanes of at least 4 members (excludes halogenated alkanes) is 14. The first-order valence-corrected chi connectivity index (χ1v) is 13.0. The highest BCUT2D eigenvalue weighted by Gasteiger charge is 2.18. The Morgan fingerprint density at radius 1 is 0.724 bits per heavy atom. The smallest absolute Gasteiger partial charge is 0.166 e. The number of carbonyl (C=O) groups is 1. The molecule has 0 saturated heterocycles. The van der Waals surface area contributed by atoms with Gasteiger partial charge in [-0.05, 0) is 44.3 Å². The van der Waals surface area contributed by atoms with Crippen LogP contribution in [0.1, 0.15) is 120 Å². The highest BCUT2D eigenvalue weighted by atomic mass is 79.9. The van der Waals surface area contributed by atoms with E-state index in [2.05, 4.69) is 38.8 Å². The van der Waals surface area contributed by atoms with E-state index >= 15 is 0 Å². The van der Waals surface area contributed by atoms with Crippen LogP contribution in [0.4, 0.5) is 0 Å². The number of phenolic OH excluding ortho intramolecular Hbond substituents is 2. The Hall–Kier alpha value is -0.550. The number of aromatic hydroxyl groups is 2. The van der Waals surface area contributed by atoms with E-state index in [0.717, 1.165) is 12.8 Å². The fraction of sp³-hybridized carbons (Fsp3) is 0.708. The summed E-state index contributed by atoms with van der Waals surface area (Å²) in [7, 11) is 0. The van der Waals surface area contributed by atoms with Gasteiger partial charge in [0.2, 0.25) is 0 Å². The van der Waals surface area contributed by atoms with Crippen molar-refractivity contribution in [1.82, 2.24) is 0 Å². The van der Waals surface area contributed by atoms with Crippen molar-refractivity contribution in [2.75, 3.05) is 0 Å². The summed E-state index contributed by atoms with van der Waals surface area (Å²) in [6, 6.07) is 1.49. The molecular formula is C24H38Br2O3. The van der Waals surface area contributed by atoms with Gasteiger partial charge in [-0.1, -0.05) is 96.8 Å². The predicted molar refractivity (Wildman–Crippen MR) is 129 cm³/mol. The number of rotatable bonds is 17. The summed E-state index contributed by atoms with van der Waals surface area (Å²) in [5.41, 5.74) is 0.256. The molecule has 0 radical (unpaired) electrons. The van der Waals surface area contributed by atoms with Crippen LogP contribution in [-0.2, 0) is 0 Å². The number of carbonyl (C=O) groups excluding carboxylic acids is 1. The van der Waals surface area contributed by atoms with Crippen LogP contribution < -0.4 is 0 Å². The third-order valence-corrected chi connectivity index (χ3v) is 6.83. The molecule has 0 aromatic heterocycles. The highest BCUT2D eigenvalue weighted by molar-refractivity contribution is 9.11. The summed E-state index contributed by atoms with van der Waals surface area (Å²) >= 11 is 6.32. The zero-order valence-corrected chi connectivity index (χ0v) is 21.1. The van der Waals surface area contributed by atoms with E-state index in [4.69, 9.17) is 0 Å². The van der Waals surface area contributed by atoms with Gasteiger partial charge in [-0.15, -0.1) is 0 Å². The molecule has 0 bridgehead atoms. The van der Waals surface area contributed by atoms with Crippen molar-refractivity contribution in [3.63, 3.8) is 0 Å². The van der Waals surface area contributed by atoms with Gasteiger partial charge in [0, 0.05) is 6.42 Å². The van der Waals surface area contributed by atoms with E-state index in [0.29, 0.717) is 10.9 Å². The van der Waals surface area contributed by atoms with Crippen LogP contribution in [0.5, 0.6) is 11.5 Å². The number of halogens is 2. The molecule has 0 unspecified atom stereocenters. The predicted octanol–water partition coefficient (Wildman–Crippen LogP) is 9.07. The first-order chi connectivity index (χ1) is 14.0. The lowest BCUT2D eigenvalue weighted by atomic mass is 10.0. The average molecular weight is 534 g/mol. The van der Waals surface area contributed by atoms with Crippen LogP contribution >= 0.6 is 31.9 Å². The number of benzene rings is 1. The normalized spacial score (nSPS) is 11.1. The molecule has 0 saturated carbocycles. The average Bonchev–Trinajstić information content (AvgIpc) is 2.71. The summed E-state index contributed by atoms with van der Waals surface area (Å²) in [4.78, 5) is 12.3. The standard InChI is InChI=1S/C24H38Br2O3/c1-2-3-4-5-6-7-8-9-10-11-12-13-14-15-16-17-21(27)19-18-20(25)24(29)22(26)23(19)28/h18,28-29H,2-17H2,1H3. The van der Waals surface area contributed by atoms with Gasteiger partial charge in [-0.25, -0.2) is 0 Å². The third kappa shape index (κ3) is 10.9. The number of phenols is 2. The van der Waals surface area contributed by atoms with E-state index in [9.17, 15) is 15.0 Å². The zero-order chi connectivity index (χ0) is 21.5. The minimum Gasteiger partial charge on any atom is -0.506 e. The van der Waals surface area contributed by atoms with Crippen LogP contribution in [-0.4, -0.2) is 16.0 Å². The van der Waals surface area contributed by atoms with Gasteiger partial charge in [-0.3, -0.25) is 4.79 Å². The molecule has 29 heavy (non-hydrogen) atoms. The zero-order valence-electron chi connectivity index (χ0n) is 17.9. The second kappa shape index (κ2) is 16.2. The third-order valence-electron chi connectivity index (χ3n) is 5.48. The van der Waals surface area contributed by atoms with Gasteiger partial charge >= 0.3 is 0 Å². The molecule has 0 atom stereocenters. The van der Waals surface area contributed by atoms with Crippen molar-refractivity contribution < 1.29 is 15.0 Å². The van der Waals surface area contributed by atoms with Gasteiger partial charge in [0.25, 0.3) is 0 Å². The molecule has 0 aliphatic rings. The molecule has 5 heteroatoms. The molecular weight excluding hydrogens is 496 g/mol. The number of Topliss-reactive ketones (excluding diaryl/α,β-unsaturated/α-hetero) is 1. The van der Waals surface area contributed by atoms with Gasteiger partial charge in [-0.2, -0.15) is 0 Å². The van der Waals surface area contributed by atoms with Gasteiger partial charge in [0.15, 0.2) is 5.78 Å². The summed E-state index contributed by atoms with van der Waals surface area (Å²) in [5, 5.41) is 19.8. The van der Waals surface area contributed by atoms with Crippen LogP contribution in [0.3, 0.4) is 0 Å². The second-order valence-electron chi connectivity index (χ2n) is 8.04. The van der Waals surface area contributed by atoms with Crippen molar-refractivity contribution in [2.45, 2.75) is 110 Å². The fourth-order valence-corrected chi connectivity index (χ4v) is 4.72. The summed E-state index contributed by atoms with van der Waals surface area (Å²) in [6.07, 6.45) is 19.8. The Morgan fingerprint density at radius 2 is 1.14 bits per heavy atom. The van der Waals surface area contributed by atoms with Crippen LogP contribution in [0.25, 0.3) is 0 Å². The Labute approximate surface area is 193 Å². The number of hydrogen-bond acceptors (Lipinski definition) is 3. The van der Waals surface area contributed by atoms with Crippen LogP contribution in [0.15, 0.2) is 15.0 Å². The molecule has 0 aliphatic heterocycles. The van der Waals surface area contributed by atoms with Crippen LogP contribution in [0.2, 0.25) is 0 Å². The SMILES string of the molecule is CCCCCCCCCCCCCCCCCC(=O)c1cc(Br)c(O)c(Br)c1O. The Morgan fingerprint density at radius 3 is 1.59 bits per heavy atom. The lowest BCUT2D eigenvalue weighted by Gasteiger charge is -2.09. The Kier molecular flexibility index (Phi) is 14.8. The van der Waals surface area contributed by atoms with Crippen molar-refractivity contribution in [3.05, 3.63) is 20.6 Å². The lowest BCUT2D eigenvalue weighted by Crippen LogP contribution is -2.00. The monoisotopic (exact) mass is 532 g/mol. The van der Waals surface area contributed by atoms with Gasteiger partial charge in [0.05, 0.1) is 10.0 Å². The van der Waals surface area contributed by atoms with E-state index in [1.54, 1.807) is 0 Å². The number of hydrogen-bond donors (Lipinski definition) is 2. The summed E-state index contributed by atoms with van der Waals surface area (Å²) < 4.78 is 0.564. The molecule has 166 valence electrons. The molecule has 3 nitrogen and oxygen atoms in total. The van der Waals surface area contributed by atoms with Gasteiger partial charge < -0.3 is 10.2 Å². The first-order valence-electron chi connectivity index (χ1n) is 11.4. The Balaban J connectivity index is 2.01. The highest BCUT2D eigenvalue weighted by Crippen LogP contribution is 2.41. The van der Waals surface area contributed by atoms with E-state index < -0.39 is 0 Å². The minimum atomic E-state index is -0.184. The molecule has 0 aliphatic carbocycles. The topological polar surface area (TPSA) is 57.5 Å². The molecule has 1 aromatic rings. The second-order valence-corrected chi connectivity index (χ2v) is 9.69.